The van der Waals surface area contributed by atoms with E-state index in [0.717, 1.165) is 44.2 Å². The fraction of sp³-hybridized carbons (Fsp3) is 0.933. The van der Waals surface area contributed by atoms with Crippen molar-refractivity contribution in [3.8, 4) is 0 Å². The molecular formula is C15H30N2O. The molecule has 1 fully saturated rings. The molecule has 1 rings (SSSR count). The second-order valence-electron chi connectivity index (χ2n) is 6.35. The molecule has 0 spiro atoms. The lowest BCUT2D eigenvalue weighted by atomic mass is 9.86. The molecule has 0 aliphatic carbocycles. The zero-order valence-electron chi connectivity index (χ0n) is 12.5. The third-order valence-corrected chi connectivity index (χ3v) is 4.75. The molecule has 0 aromatic heterocycles. The van der Waals surface area contributed by atoms with Gasteiger partial charge in [-0.05, 0) is 44.4 Å². The SMILES string of the molecule is CCC(C)(CN)C(=O)N1CCCC(C(C)C)CC1. The van der Waals surface area contributed by atoms with E-state index in [1.54, 1.807) is 0 Å². The summed E-state index contributed by atoms with van der Waals surface area (Å²) in [5, 5.41) is 0. The van der Waals surface area contributed by atoms with Crippen molar-refractivity contribution in [1.82, 2.24) is 4.90 Å². The largest absolute Gasteiger partial charge is 0.342 e. The van der Waals surface area contributed by atoms with Gasteiger partial charge in [0.25, 0.3) is 0 Å². The normalized spacial score (nSPS) is 24.8. The number of carbonyl (C=O) groups excluding carboxylic acids is 1. The number of hydrogen-bond donors (Lipinski definition) is 1. The van der Waals surface area contributed by atoms with Gasteiger partial charge in [-0.15, -0.1) is 0 Å². The summed E-state index contributed by atoms with van der Waals surface area (Å²) in [5.74, 6) is 1.76. The van der Waals surface area contributed by atoms with Crippen molar-refractivity contribution in [2.24, 2.45) is 23.0 Å². The van der Waals surface area contributed by atoms with Gasteiger partial charge in [-0.2, -0.15) is 0 Å². The summed E-state index contributed by atoms with van der Waals surface area (Å²) >= 11 is 0. The van der Waals surface area contributed by atoms with E-state index < -0.39 is 0 Å². The van der Waals surface area contributed by atoms with Crippen molar-refractivity contribution in [3.05, 3.63) is 0 Å². The molecular weight excluding hydrogens is 224 g/mol. The summed E-state index contributed by atoms with van der Waals surface area (Å²) in [6.07, 6.45) is 4.37. The standard InChI is InChI=1S/C15H30N2O/c1-5-15(4,11-16)14(18)17-9-6-7-13(8-10-17)12(2)3/h12-13H,5-11,16H2,1-4H3. The number of amides is 1. The molecule has 2 unspecified atom stereocenters. The van der Waals surface area contributed by atoms with E-state index in [4.69, 9.17) is 5.73 Å². The number of rotatable bonds is 4. The predicted molar refractivity (Wildman–Crippen MR) is 76.2 cm³/mol. The Kier molecular flexibility index (Phi) is 5.64. The fourth-order valence-corrected chi connectivity index (χ4v) is 2.76. The molecule has 18 heavy (non-hydrogen) atoms. The highest BCUT2D eigenvalue weighted by atomic mass is 16.2. The summed E-state index contributed by atoms with van der Waals surface area (Å²) in [6, 6.07) is 0. The Balaban J connectivity index is 2.65. The van der Waals surface area contributed by atoms with Crippen molar-refractivity contribution < 1.29 is 4.79 Å². The maximum atomic E-state index is 12.6. The van der Waals surface area contributed by atoms with Gasteiger partial charge in [0.05, 0.1) is 5.41 Å². The van der Waals surface area contributed by atoms with E-state index in [9.17, 15) is 4.79 Å². The summed E-state index contributed by atoms with van der Waals surface area (Å²) in [5.41, 5.74) is 5.43. The first kappa shape index (κ1) is 15.5. The Morgan fingerprint density at radius 2 is 2.06 bits per heavy atom. The van der Waals surface area contributed by atoms with E-state index in [1.165, 1.54) is 6.42 Å². The first-order valence-corrected chi connectivity index (χ1v) is 7.44. The van der Waals surface area contributed by atoms with Crippen LogP contribution in [0.3, 0.4) is 0 Å². The van der Waals surface area contributed by atoms with Crippen LogP contribution in [0.2, 0.25) is 0 Å². The van der Waals surface area contributed by atoms with E-state index >= 15 is 0 Å². The number of hydrogen-bond acceptors (Lipinski definition) is 2. The molecule has 1 aliphatic rings. The Morgan fingerprint density at radius 3 is 2.56 bits per heavy atom. The van der Waals surface area contributed by atoms with Crippen LogP contribution in [0.15, 0.2) is 0 Å². The first-order chi connectivity index (χ1) is 8.44. The van der Waals surface area contributed by atoms with Crippen molar-refractivity contribution in [3.63, 3.8) is 0 Å². The average molecular weight is 254 g/mol. The highest BCUT2D eigenvalue weighted by Crippen LogP contribution is 2.28. The molecule has 1 saturated heterocycles. The smallest absolute Gasteiger partial charge is 0.229 e. The van der Waals surface area contributed by atoms with Crippen LogP contribution in [0.1, 0.15) is 53.4 Å². The molecule has 3 heteroatoms. The number of likely N-dealkylation sites (tertiary alicyclic amines) is 1. The topological polar surface area (TPSA) is 46.3 Å². The van der Waals surface area contributed by atoms with Gasteiger partial charge >= 0.3 is 0 Å². The molecule has 2 N–H and O–H groups in total. The number of carbonyl (C=O) groups is 1. The van der Waals surface area contributed by atoms with Crippen LogP contribution < -0.4 is 5.73 Å². The van der Waals surface area contributed by atoms with Crippen LogP contribution in [0.4, 0.5) is 0 Å². The van der Waals surface area contributed by atoms with Gasteiger partial charge in [0.1, 0.15) is 0 Å². The van der Waals surface area contributed by atoms with Crippen LogP contribution in [-0.4, -0.2) is 30.4 Å². The highest BCUT2D eigenvalue weighted by molar-refractivity contribution is 5.82. The van der Waals surface area contributed by atoms with Crippen LogP contribution >= 0.6 is 0 Å². The molecule has 2 atom stereocenters. The maximum Gasteiger partial charge on any atom is 0.229 e. The molecule has 1 heterocycles. The fourth-order valence-electron chi connectivity index (χ4n) is 2.76. The minimum Gasteiger partial charge on any atom is -0.342 e. The summed E-state index contributed by atoms with van der Waals surface area (Å²) in [4.78, 5) is 14.6. The molecule has 0 radical (unpaired) electrons. The quantitative estimate of drug-likeness (QED) is 0.838. The molecule has 0 aromatic carbocycles. The van der Waals surface area contributed by atoms with Gasteiger partial charge in [-0.1, -0.05) is 20.8 Å². The molecule has 1 aliphatic heterocycles. The summed E-state index contributed by atoms with van der Waals surface area (Å²) < 4.78 is 0. The molecule has 106 valence electrons. The number of nitrogens with zero attached hydrogens (tertiary/aromatic N) is 1. The number of nitrogens with two attached hydrogens (primary N) is 1. The Labute approximate surface area is 112 Å². The second-order valence-corrected chi connectivity index (χ2v) is 6.35. The molecule has 3 nitrogen and oxygen atoms in total. The molecule has 1 amide bonds. The molecule has 0 bridgehead atoms. The van der Waals surface area contributed by atoms with Crippen molar-refractivity contribution in [2.75, 3.05) is 19.6 Å². The van der Waals surface area contributed by atoms with Gasteiger partial charge in [0, 0.05) is 19.6 Å². The van der Waals surface area contributed by atoms with Gasteiger partial charge in [-0.25, -0.2) is 0 Å². The van der Waals surface area contributed by atoms with Crippen molar-refractivity contribution in [1.29, 1.82) is 0 Å². The minimum atomic E-state index is -0.363. The first-order valence-electron chi connectivity index (χ1n) is 7.44. The minimum absolute atomic E-state index is 0.261. The van der Waals surface area contributed by atoms with Crippen LogP contribution in [-0.2, 0) is 4.79 Å². The van der Waals surface area contributed by atoms with E-state index in [1.807, 2.05) is 6.92 Å². The second kappa shape index (κ2) is 6.55. The lowest BCUT2D eigenvalue weighted by Crippen LogP contribution is -2.46. The monoisotopic (exact) mass is 254 g/mol. The average Bonchev–Trinajstić information content (AvgIpc) is 2.62. The van der Waals surface area contributed by atoms with Gasteiger partial charge in [-0.3, -0.25) is 4.79 Å². The van der Waals surface area contributed by atoms with Crippen molar-refractivity contribution in [2.45, 2.75) is 53.4 Å². The predicted octanol–water partition coefficient (Wildman–Crippen LogP) is 2.65. The summed E-state index contributed by atoms with van der Waals surface area (Å²) in [7, 11) is 0. The third kappa shape index (κ3) is 3.47. The summed E-state index contributed by atoms with van der Waals surface area (Å²) in [6.45, 7) is 10.9. The Hall–Kier alpha value is -0.570. The van der Waals surface area contributed by atoms with Crippen LogP contribution in [0.25, 0.3) is 0 Å². The highest BCUT2D eigenvalue weighted by Gasteiger charge is 2.34. The van der Waals surface area contributed by atoms with Crippen LogP contribution in [0, 0.1) is 17.3 Å². The zero-order chi connectivity index (χ0) is 13.8. The van der Waals surface area contributed by atoms with E-state index in [-0.39, 0.29) is 11.3 Å². The molecule has 0 aromatic rings. The zero-order valence-corrected chi connectivity index (χ0v) is 12.5. The van der Waals surface area contributed by atoms with Gasteiger partial charge in [0.15, 0.2) is 0 Å². The maximum absolute atomic E-state index is 12.6. The van der Waals surface area contributed by atoms with Crippen molar-refractivity contribution >= 4 is 5.91 Å². The van der Waals surface area contributed by atoms with E-state index in [2.05, 4.69) is 25.7 Å². The van der Waals surface area contributed by atoms with Gasteiger partial charge < -0.3 is 10.6 Å². The third-order valence-electron chi connectivity index (χ3n) is 4.75. The van der Waals surface area contributed by atoms with E-state index in [0.29, 0.717) is 6.54 Å². The van der Waals surface area contributed by atoms with Crippen LogP contribution in [0.5, 0.6) is 0 Å². The molecule has 0 saturated carbocycles. The lowest BCUT2D eigenvalue weighted by molar-refractivity contribution is -0.140. The Bertz CT molecular complexity index is 272. The van der Waals surface area contributed by atoms with Gasteiger partial charge in [0.2, 0.25) is 5.91 Å². The Morgan fingerprint density at radius 1 is 1.39 bits per heavy atom. The lowest BCUT2D eigenvalue weighted by Gasteiger charge is -2.32.